The molecule has 0 aliphatic heterocycles. The van der Waals surface area contributed by atoms with E-state index in [0.29, 0.717) is 12.8 Å². The summed E-state index contributed by atoms with van der Waals surface area (Å²) in [5.41, 5.74) is -1.05. The number of methoxy groups -OCH3 is 1. The fraction of sp³-hybridized carbons (Fsp3) is 0.467. The summed E-state index contributed by atoms with van der Waals surface area (Å²) in [6, 6.07) is 2.99. The Morgan fingerprint density at radius 3 is 2.55 bits per heavy atom. The van der Waals surface area contributed by atoms with Gasteiger partial charge in [0.1, 0.15) is 11.6 Å². The monoisotopic (exact) mass is 305 g/mol. The van der Waals surface area contributed by atoms with Gasteiger partial charge in [0.25, 0.3) is 0 Å². The van der Waals surface area contributed by atoms with Crippen LogP contribution in [0.15, 0.2) is 6.07 Å². The van der Waals surface area contributed by atoms with Crippen LogP contribution in [0.3, 0.4) is 0 Å². The zero-order valence-corrected chi connectivity index (χ0v) is 12.2. The third-order valence-electron chi connectivity index (χ3n) is 4.03. The average Bonchev–Trinajstić information content (AvgIpc) is 2.54. The van der Waals surface area contributed by atoms with E-state index in [1.807, 2.05) is 6.07 Å². The van der Waals surface area contributed by atoms with Crippen LogP contribution >= 0.6 is 0 Å². The van der Waals surface area contributed by atoms with Crippen LogP contribution in [0.25, 0.3) is 0 Å². The average molecular weight is 305 g/mol. The molecule has 7 nitrogen and oxygen atoms in total. The van der Waals surface area contributed by atoms with Crippen molar-refractivity contribution in [1.29, 1.82) is 5.26 Å². The van der Waals surface area contributed by atoms with E-state index in [-0.39, 0.29) is 22.8 Å². The summed E-state index contributed by atoms with van der Waals surface area (Å²) >= 11 is 0. The van der Waals surface area contributed by atoms with E-state index >= 15 is 0 Å². The summed E-state index contributed by atoms with van der Waals surface area (Å²) in [6.07, 6.45) is 4.13. The maximum atomic E-state index is 12.7. The highest BCUT2D eigenvalue weighted by Gasteiger charge is 2.31. The van der Waals surface area contributed by atoms with Crippen LogP contribution < -0.4 is 9.96 Å². The molecule has 0 heterocycles. The molecule has 1 fully saturated rings. The zero-order valence-electron chi connectivity index (χ0n) is 12.2. The number of Topliss-reactive ketones (excluding diaryl/α,β-unsaturated/α-hetero) is 1. The van der Waals surface area contributed by atoms with Gasteiger partial charge in [-0.05, 0) is 12.8 Å². The first-order valence-corrected chi connectivity index (χ1v) is 7.10. The Morgan fingerprint density at radius 1 is 1.41 bits per heavy atom. The predicted octanol–water partition coefficient (Wildman–Crippen LogP) is 1.55. The van der Waals surface area contributed by atoms with Crippen LogP contribution in [0, 0.1) is 27.7 Å². The van der Waals surface area contributed by atoms with Gasteiger partial charge in [0.2, 0.25) is 5.75 Å². The first-order chi connectivity index (χ1) is 10.5. The number of aromatic hydroxyl groups is 1. The number of quaternary nitrogens is 1. The van der Waals surface area contributed by atoms with Crippen LogP contribution in [-0.2, 0) is 0 Å². The molecule has 0 aromatic heterocycles. The summed E-state index contributed by atoms with van der Waals surface area (Å²) in [5, 5.41) is 40.3. The highest BCUT2D eigenvalue weighted by atomic mass is 16.8. The van der Waals surface area contributed by atoms with Crippen LogP contribution in [0.2, 0.25) is 0 Å². The lowest BCUT2D eigenvalue weighted by Gasteiger charge is -2.29. The summed E-state index contributed by atoms with van der Waals surface area (Å²) in [5.74, 6) is -1.60. The predicted molar refractivity (Wildman–Crippen MR) is 77.6 cm³/mol. The van der Waals surface area contributed by atoms with Gasteiger partial charge in [0.15, 0.2) is 17.2 Å². The molecule has 0 saturated heterocycles. The fourth-order valence-electron chi connectivity index (χ4n) is 2.92. The van der Waals surface area contributed by atoms with Crippen LogP contribution in [0.4, 0.5) is 5.69 Å². The standard InChI is InChI=1S/C15H17N2O5/c1-22-11-7-10(8-16)12(13(15(11)19)17(20)21)14(18)9-5-3-2-4-6-9/h7,9,17,19H,2-6H2,1H3/q-1. The molecule has 0 spiro atoms. The molecule has 0 atom stereocenters. The number of ether oxygens (including phenoxy) is 1. The van der Waals surface area contributed by atoms with Gasteiger partial charge < -0.3 is 25.5 Å². The third-order valence-corrected chi connectivity index (χ3v) is 4.03. The maximum Gasteiger partial charge on any atom is 0.221 e. The number of ketones is 1. The van der Waals surface area contributed by atoms with Crippen molar-refractivity contribution in [1.82, 2.24) is 0 Å². The van der Waals surface area contributed by atoms with E-state index in [1.165, 1.54) is 13.2 Å². The van der Waals surface area contributed by atoms with Crippen LogP contribution in [0.5, 0.6) is 11.5 Å². The van der Waals surface area contributed by atoms with Gasteiger partial charge in [-0.1, -0.05) is 19.3 Å². The van der Waals surface area contributed by atoms with E-state index < -0.39 is 22.4 Å². The maximum absolute atomic E-state index is 12.7. The fourth-order valence-corrected chi connectivity index (χ4v) is 2.92. The molecule has 1 saturated carbocycles. The Kier molecular flexibility index (Phi) is 4.98. The Labute approximate surface area is 127 Å². The highest BCUT2D eigenvalue weighted by Crippen LogP contribution is 2.39. The van der Waals surface area contributed by atoms with Gasteiger partial charge in [-0.3, -0.25) is 4.79 Å². The summed E-state index contributed by atoms with van der Waals surface area (Å²) in [4.78, 5) is 12.7. The summed E-state index contributed by atoms with van der Waals surface area (Å²) < 4.78 is 4.85. The lowest BCUT2D eigenvalue weighted by molar-refractivity contribution is -0.715. The number of carbonyl (C=O) groups is 1. The molecule has 0 bridgehead atoms. The molecule has 0 unspecified atom stereocenters. The van der Waals surface area contributed by atoms with Crippen LogP contribution in [-0.4, -0.2) is 18.0 Å². The molecular weight excluding hydrogens is 288 g/mol. The van der Waals surface area contributed by atoms with Gasteiger partial charge >= 0.3 is 0 Å². The number of phenolic OH excluding ortho intramolecular Hbond substituents is 1. The quantitative estimate of drug-likeness (QED) is 0.494. The van der Waals surface area contributed by atoms with Crippen molar-refractivity contribution in [3.8, 4) is 17.6 Å². The number of phenols is 1. The molecule has 0 amide bonds. The van der Waals surface area contributed by atoms with E-state index in [1.54, 1.807) is 0 Å². The first-order valence-electron chi connectivity index (χ1n) is 7.10. The number of rotatable bonds is 4. The molecule has 1 aliphatic carbocycles. The Bertz CT molecular complexity index is 615. The summed E-state index contributed by atoms with van der Waals surface area (Å²) in [6.45, 7) is 0. The molecule has 22 heavy (non-hydrogen) atoms. The Balaban J connectivity index is 2.59. The molecule has 1 aromatic rings. The second-order valence-electron chi connectivity index (χ2n) is 5.32. The zero-order chi connectivity index (χ0) is 16.3. The molecule has 7 heteroatoms. The molecule has 1 aliphatic rings. The lowest BCUT2D eigenvalue weighted by Crippen LogP contribution is -2.96. The van der Waals surface area contributed by atoms with Gasteiger partial charge in [0, 0.05) is 12.0 Å². The minimum atomic E-state index is -1.70. The van der Waals surface area contributed by atoms with Crippen molar-refractivity contribution >= 4 is 11.5 Å². The topological polar surface area (TPSA) is 121 Å². The molecule has 118 valence electrons. The molecular formula is C15H17N2O5-. The second kappa shape index (κ2) is 6.75. The molecule has 0 radical (unpaired) electrons. The minimum absolute atomic E-state index is 0.121. The van der Waals surface area contributed by atoms with Crippen molar-refractivity contribution in [2.75, 3.05) is 7.11 Å². The van der Waals surface area contributed by atoms with Crippen molar-refractivity contribution in [3.05, 3.63) is 27.6 Å². The van der Waals surface area contributed by atoms with Gasteiger partial charge in [-0.2, -0.15) is 5.26 Å². The number of nitrogens with one attached hydrogen (secondary N) is 1. The molecule has 1 aromatic carbocycles. The van der Waals surface area contributed by atoms with Crippen molar-refractivity contribution in [3.63, 3.8) is 0 Å². The molecule has 2 N–H and O–H groups in total. The number of carbonyl (C=O) groups excluding carboxylic acids is 1. The third kappa shape index (κ3) is 2.90. The number of hydrogen-bond donors (Lipinski definition) is 2. The van der Waals surface area contributed by atoms with Crippen molar-refractivity contribution < 1.29 is 19.9 Å². The van der Waals surface area contributed by atoms with E-state index in [9.17, 15) is 25.6 Å². The lowest BCUT2D eigenvalue weighted by atomic mass is 9.82. The summed E-state index contributed by atoms with van der Waals surface area (Å²) in [7, 11) is 1.23. The normalized spacial score (nSPS) is 15.6. The van der Waals surface area contributed by atoms with Gasteiger partial charge in [-0.25, -0.2) is 0 Å². The minimum Gasteiger partial charge on any atom is -0.628 e. The van der Waals surface area contributed by atoms with E-state index in [0.717, 1.165) is 19.3 Å². The van der Waals surface area contributed by atoms with Gasteiger partial charge in [-0.15, -0.1) is 0 Å². The number of nitriles is 1. The van der Waals surface area contributed by atoms with Crippen LogP contribution in [0.1, 0.15) is 48.0 Å². The molecule has 2 rings (SSSR count). The Hall–Kier alpha value is -2.14. The SMILES string of the molecule is COc1cc(C#N)c(C(=O)C2CCCCC2)c([NH+]([O-])[O-])c1O. The first kappa shape index (κ1) is 16.2. The van der Waals surface area contributed by atoms with E-state index in [2.05, 4.69) is 0 Å². The smallest absolute Gasteiger partial charge is 0.221 e. The highest BCUT2D eigenvalue weighted by molar-refractivity contribution is 6.05. The number of benzene rings is 1. The van der Waals surface area contributed by atoms with Crippen molar-refractivity contribution in [2.24, 2.45) is 5.92 Å². The van der Waals surface area contributed by atoms with Crippen molar-refractivity contribution in [2.45, 2.75) is 32.1 Å². The van der Waals surface area contributed by atoms with Gasteiger partial charge in [0.05, 0.1) is 12.7 Å². The Morgan fingerprint density at radius 2 is 2.05 bits per heavy atom. The largest absolute Gasteiger partial charge is 0.628 e. The van der Waals surface area contributed by atoms with E-state index in [4.69, 9.17) is 4.74 Å². The number of nitrogens with zero attached hydrogens (tertiary/aromatic N) is 1. The second-order valence-corrected chi connectivity index (χ2v) is 5.32. The number of hydrogen-bond acceptors (Lipinski definition) is 6.